The van der Waals surface area contributed by atoms with E-state index in [0.717, 1.165) is 23.2 Å². The molecule has 0 aliphatic rings. The van der Waals surface area contributed by atoms with Crippen molar-refractivity contribution < 1.29 is 5.21 Å². The Hall–Kier alpha value is -2.00. The molecule has 0 aliphatic heterocycles. The van der Waals surface area contributed by atoms with Crippen molar-refractivity contribution in [2.75, 3.05) is 10.8 Å². The van der Waals surface area contributed by atoms with Crippen LogP contribution in [0.3, 0.4) is 0 Å². The molecule has 0 heterocycles. The van der Waals surface area contributed by atoms with Gasteiger partial charge >= 0.3 is 0 Å². The highest BCUT2D eigenvalue weighted by Gasteiger charge is 2.10. The maximum absolute atomic E-state index is 9.13. The lowest BCUT2D eigenvalue weighted by molar-refractivity contribution is 0.389. The fourth-order valence-corrected chi connectivity index (χ4v) is 2.63. The van der Waals surface area contributed by atoms with E-state index in [1.54, 1.807) is 0 Å². The molecule has 0 fully saturated rings. The fraction of sp³-hybridized carbons (Fsp3) is 0.333. The van der Waals surface area contributed by atoms with Crippen molar-refractivity contribution in [3.8, 4) is 11.1 Å². The van der Waals surface area contributed by atoms with Gasteiger partial charge in [0.25, 0.3) is 0 Å². The first-order chi connectivity index (χ1) is 10.1. The molecule has 0 aromatic heterocycles. The molecule has 0 bridgehead atoms. The van der Waals surface area contributed by atoms with E-state index >= 15 is 0 Å². The predicted molar refractivity (Wildman–Crippen MR) is 89.8 cm³/mol. The van der Waals surface area contributed by atoms with Gasteiger partial charge < -0.3 is 5.32 Å². The second kappa shape index (κ2) is 7.14. The van der Waals surface area contributed by atoms with E-state index in [0.29, 0.717) is 17.6 Å². The Morgan fingerprint density at radius 1 is 1.00 bits per heavy atom. The molecule has 3 N–H and O–H groups in total. The fourth-order valence-electron chi connectivity index (χ4n) is 2.63. The number of hydrogen-bond acceptors (Lipinski definition) is 3. The molecule has 0 radical (unpaired) electrons. The van der Waals surface area contributed by atoms with Crippen LogP contribution in [0.5, 0.6) is 0 Å². The van der Waals surface area contributed by atoms with Gasteiger partial charge in [-0.15, -0.1) is 0 Å². The summed E-state index contributed by atoms with van der Waals surface area (Å²) in [5.74, 6) is 0.658. The third kappa shape index (κ3) is 4.23. The van der Waals surface area contributed by atoms with Gasteiger partial charge in [0.2, 0.25) is 0 Å². The van der Waals surface area contributed by atoms with Crippen LogP contribution < -0.4 is 10.8 Å². The van der Waals surface area contributed by atoms with E-state index in [9.17, 15) is 0 Å². The maximum atomic E-state index is 9.13. The molecule has 1 unspecified atom stereocenters. The van der Waals surface area contributed by atoms with Gasteiger partial charge in [0, 0.05) is 17.3 Å². The Kier molecular flexibility index (Phi) is 5.23. The van der Waals surface area contributed by atoms with Crippen LogP contribution >= 0.6 is 0 Å². The van der Waals surface area contributed by atoms with E-state index in [1.165, 1.54) is 0 Å². The molecule has 3 nitrogen and oxygen atoms in total. The minimum absolute atomic E-state index is 0.403. The van der Waals surface area contributed by atoms with Crippen molar-refractivity contribution in [3.63, 3.8) is 0 Å². The van der Waals surface area contributed by atoms with E-state index in [1.807, 2.05) is 36.4 Å². The molecule has 0 saturated heterocycles. The quantitative estimate of drug-likeness (QED) is 0.654. The monoisotopic (exact) mass is 284 g/mol. The van der Waals surface area contributed by atoms with Crippen LogP contribution in [-0.2, 0) is 0 Å². The van der Waals surface area contributed by atoms with E-state index in [-0.39, 0.29) is 0 Å². The predicted octanol–water partition coefficient (Wildman–Crippen LogP) is 5.00. The van der Waals surface area contributed by atoms with Gasteiger partial charge in [-0.05, 0) is 43.0 Å². The first-order valence-electron chi connectivity index (χ1n) is 7.46. The maximum Gasteiger partial charge on any atom is 0.0609 e. The Labute approximate surface area is 127 Å². The molecule has 3 heteroatoms. The van der Waals surface area contributed by atoms with Crippen molar-refractivity contribution in [2.45, 2.75) is 33.2 Å². The van der Waals surface area contributed by atoms with Crippen LogP contribution in [0.25, 0.3) is 11.1 Å². The summed E-state index contributed by atoms with van der Waals surface area (Å²) in [5, 5.41) is 12.7. The number of rotatable bonds is 6. The highest BCUT2D eigenvalue weighted by molar-refractivity contribution is 5.81. The van der Waals surface area contributed by atoms with Gasteiger partial charge in [-0.2, -0.15) is 0 Å². The first kappa shape index (κ1) is 15.4. The molecule has 0 aliphatic carbocycles. The van der Waals surface area contributed by atoms with Crippen LogP contribution in [0.4, 0.5) is 11.4 Å². The van der Waals surface area contributed by atoms with Gasteiger partial charge in [-0.3, -0.25) is 10.7 Å². The standard InChI is InChI=1S/C18H24N2O/c1-13(2)11-14(3)19-18-10-9-16(20-21)12-17(18)15-7-5-4-6-8-15/h4-10,12-14,19-21H,11H2,1-3H3. The summed E-state index contributed by atoms with van der Waals surface area (Å²) >= 11 is 0. The molecule has 2 rings (SSSR count). The molecule has 0 saturated carbocycles. The van der Waals surface area contributed by atoms with Gasteiger partial charge in [0.1, 0.15) is 0 Å². The molecular weight excluding hydrogens is 260 g/mol. The zero-order valence-corrected chi connectivity index (χ0v) is 12.9. The minimum Gasteiger partial charge on any atom is -0.382 e. The van der Waals surface area contributed by atoms with Crippen molar-refractivity contribution >= 4 is 11.4 Å². The third-order valence-corrected chi connectivity index (χ3v) is 3.46. The lowest BCUT2D eigenvalue weighted by atomic mass is 10.0. The second-order valence-electron chi connectivity index (χ2n) is 5.91. The normalized spacial score (nSPS) is 12.2. The topological polar surface area (TPSA) is 44.3 Å². The molecule has 0 amide bonds. The van der Waals surface area contributed by atoms with Crippen molar-refractivity contribution in [1.29, 1.82) is 0 Å². The lowest BCUT2D eigenvalue weighted by Crippen LogP contribution is -2.18. The Morgan fingerprint density at radius 3 is 2.33 bits per heavy atom. The highest BCUT2D eigenvalue weighted by atomic mass is 16.5. The Balaban J connectivity index is 2.32. The third-order valence-electron chi connectivity index (χ3n) is 3.46. The first-order valence-corrected chi connectivity index (χ1v) is 7.46. The summed E-state index contributed by atoms with van der Waals surface area (Å²) < 4.78 is 0. The van der Waals surface area contributed by atoms with Crippen molar-refractivity contribution in [1.82, 2.24) is 0 Å². The van der Waals surface area contributed by atoms with Crippen LogP contribution in [0, 0.1) is 5.92 Å². The molecule has 112 valence electrons. The second-order valence-corrected chi connectivity index (χ2v) is 5.91. The summed E-state index contributed by atoms with van der Waals surface area (Å²) in [6.07, 6.45) is 1.12. The summed E-state index contributed by atoms with van der Waals surface area (Å²) in [5.41, 5.74) is 6.23. The van der Waals surface area contributed by atoms with Gasteiger partial charge in [-0.1, -0.05) is 44.2 Å². The Morgan fingerprint density at radius 2 is 1.71 bits per heavy atom. The smallest absolute Gasteiger partial charge is 0.0609 e. The molecule has 0 spiro atoms. The summed E-state index contributed by atoms with van der Waals surface area (Å²) in [6, 6.07) is 16.5. The zero-order chi connectivity index (χ0) is 15.2. The largest absolute Gasteiger partial charge is 0.382 e. The molecule has 2 aromatic rings. The molecule has 1 atom stereocenters. The molecule has 2 aromatic carbocycles. The van der Waals surface area contributed by atoms with Crippen LogP contribution in [0.2, 0.25) is 0 Å². The van der Waals surface area contributed by atoms with Crippen molar-refractivity contribution in [2.24, 2.45) is 5.92 Å². The van der Waals surface area contributed by atoms with Gasteiger partial charge in [-0.25, -0.2) is 0 Å². The molecule has 21 heavy (non-hydrogen) atoms. The van der Waals surface area contributed by atoms with Crippen LogP contribution in [-0.4, -0.2) is 11.2 Å². The summed E-state index contributed by atoms with van der Waals surface area (Å²) in [7, 11) is 0. The number of benzene rings is 2. The summed E-state index contributed by atoms with van der Waals surface area (Å²) in [4.78, 5) is 0. The van der Waals surface area contributed by atoms with E-state index < -0.39 is 0 Å². The highest BCUT2D eigenvalue weighted by Crippen LogP contribution is 2.31. The van der Waals surface area contributed by atoms with E-state index in [4.69, 9.17) is 5.21 Å². The average molecular weight is 284 g/mol. The summed E-state index contributed by atoms with van der Waals surface area (Å²) in [6.45, 7) is 6.66. The zero-order valence-electron chi connectivity index (χ0n) is 12.9. The molecular formula is C18H24N2O. The van der Waals surface area contributed by atoms with E-state index in [2.05, 4.69) is 43.7 Å². The average Bonchev–Trinajstić information content (AvgIpc) is 2.47. The number of anilines is 2. The van der Waals surface area contributed by atoms with Crippen LogP contribution in [0.15, 0.2) is 48.5 Å². The Bertz CT molecular complexity index is 567. The lowest BCUT2D eigenvalue weighted by Gasteiger charge is -2.20. The number of hydrogen-bond donors (Lipinski definition) is 3. The minimum atomic E-state index is 0.403. The number of nitrogens with one attached hydrogen (secondary N) is 2. The van der Waals surface area contributed by atoms with Gasteiger partial charge in [0.15, 0.2) is 0 Å². The SMILES string of the molecule is CC(C)CC(C)Nc1ccc(NO)cc1-c1ccccc1. The van der Waals surface area contributed by atoms with Crippen LogP contribution in [0.1, 0.15) is 27.2 Å². The van der Waals surface area contributed by atoms with Gasteiger partial charge in [0.05, 0.1) is 5.69 Å². The van der Waals surface area contributed by atoms with Crippen molar-refractivity contribution in [3.05, 3.63) is 48.5 Å².